The third kappa shape index (κ3) is 8.69. The van der Waals surface area contributed by atoms with Gasteiger partial charge in [-0.05, 0) is 80.7 Å². The minimum absolute atomic E-state index is 0.0733. The van der Waals surface area contributed by atoms with Crippen LogP contribution in [0.1, 0.15) is 76.3 Å². The number of nitrogens with zero attached hydrogens (tertiary/aromatic N) is 1. The molecule has 3 fully saturated rings. The summed E-state index contributed by atoms with van der Waals surface area (Å²) in [5.74, 6) is -2.45. The van der Waals surface area contributed by atoms with Crippen LogP contribution < -0.4 is 14.8 Å². The van der Waals surface area contributed by atoms with Crippen molar-refractivity contribution in [2.24, 2.45) is 17.8 Å². The highest BCUT2D eigenvalue weighted by atomic mass is 32.2. The van der Waals surface area contributed by atoms with Crippen LogP contribution in [-0.4, -0.2) is 73.1 Å². The van der Waals surface area contributed by atoms with Crippen LogP contribution in [0.3, 0.4) is 0 Å². The molecular formula is C39H49N3O9S. The van der Waals surface area contributed by atoms with Crippen LogP contribution in [-0.2, 0) is 51.7 Å². The maximum Gasteiger partial charge on any atom is 0.306 e. The van der Waals surface area contributed by atoms with Gasteiger partial charge < -0.3 is 24.4 Å². The summed E-state index contributed by atoms with van der Waals surface area (Å²) in [4.78, 5) is 56.3. The molecule has 3 amide bonds. The predicted octanol–water partition coefficient (Wildman–Crippen LogP) is 4.57. The van der Waals surface area contributed by atoms with E-state index in [0.29, 0.717) is 30.8 Å². The molecule has 0 unspecified atom stereocenters. The zero-order valence-electron chi connectivity index (χ0n) is 29.9. The lowest BCUT2D eigenvalue weighted by molar-refractivity contribution is -0.151. The van der Waals surface area contributed by atoms with E-state index in [1.807, 2.05) is 56.3 Å². The van der Waals surface area contributed by atoms with Crippen molar-refractivity contribution in [3.63, 3.8) is 0 Å². The summed E-state index contributed by atoms with van der Waals surface area (Å²) in [5.41, 5.74) is 0.416. The molecule has 0 aromatic heterocycles. The van der Waals surface area contributed by atoms with Crippen molar-refractivity contribution in [2.75, 3.05) is 13.2 Å². The van der Waals surface area contributed by atoms with E-state index < -0.39 is 62.6 Å². The number of ether oxygens (including phenoxy) is 3. The predicted molar refractivity (Wildman–Crippen MR) is 192 cm³/mol. The van der Waals surface area contributed by atoms with Crippen molar-refractivity contribution < 1.29 is 41.8 Å². The number of nitrogens with one attached hydrogen (secondary N) is 2. The van der Waals surface area contributed by atoms with Crippen molar-refractivity contribution in [1.29, 1.82) is 0 Å². The molecule has 2 aliphatic carbocycles. The van der Waals surface area contributed by atoms with Gasteiger partial charge in [0.25, 0.3) is 5.91 Å². The van der Waals surface area contributed by atoms with Crippen molar-refractivity contribution >= 4 is 33.7 Å². The maximum absolute atomic E-state index is 14.3. The molecule has 2 N–H and O–H groups in total. The number of amides is 3. The molecule has 2 aromatic carbocycles. The van der Waals surface area contributed by atoms with E-state index in [0.717, 1.165) is 30.4 Å². The van der Waals surface area contributed by atoms with Crippen LogP contribution in [0.2, 0.25) is 0 Å². The Kier molecular flexibility index (Phi) is 11.4. The first kappa shape index (κ1) is 37.5. The van der Waals surface area contributed by atoms with Crippen LogP contribution in [0.4, 0.5) is 0 Å². The van der Waals surface area contributed by atoms with Crippen molar-refractivity contribution in [2.45, 2.75) is 101 Å². The van der Waals surface area contributed by atoms with E-state index in [1.54, 1.807) is 0 Å². The number of fused-ring (bicyclic) bond motifs is 4. The van der Waals surface area contributed by atoms with Crippen LogP contribution in [0.5, 0.6) is 11.5 Å². The van der Waals surface area contributed by atoms with Crippen molar-refractivity contribution in [3.8, 4) is 11.5 Å². The first-order chi connectivity index (χ1) is 24.9. The smallest absolute Gasteiger partial charge is 0.306 e. The molecule has 280 valence electrons. The van der Waals surface area contributed by atoms with Gasteiger partial charge in [-0.2, -0.15) is 0 Å². The van der Waals surface area contributed by atoms with Gasteiger partial charge in [0.05, 0.1) is 36.9 Å². The third-order valence-corrected chi connectivity index (χ3v) is 12.4. The molecular weight excluding hydrogens is 687 g/mol. The number of carbonyl (C=O) groups excluding carboxylic acids is 4. The molecule has 2 aromatic rings. The second kappa shape index (κ2) is 15.8. The van der Waals surface area contributed by atoms with Crippen LogP contribution in [0, 0.1) is 17.8 Å². The number of sulfonamides is 1. The number of aryl methyl sites for hydroxylation is 1. The van der Waals surface area contributed by atoms with E-state index in [-0.39, 0.29) is 50.8 Å². The van der Waals surface area contributed by atoms with Gasteiger partial charge in [0.2, 0.25) is 21.8 Å². The van der Waals surface area contributed by atoms with Crippen molar-refractivity contribution in [3.05, 3.63) is 72.3 Å². The van der Waals surface area contributed by atoms with E-state index in [4.69, 9.17) is 14.2 Å². The molecule has 2 heterocycles. The Labute approximate surface area is 305 Å². The fourth-order valence-corrected chi connectivity index (χ4v) is 8.47. The van der Waals surface area contributed by atoms with Gasteiger partial charge in [-0.1, -0.05) is 44.2 Å². The lowest BCUT2D eigenvalue weighted by Gasteiger charge is -2.30. The molecule has 2 saturated carbocycles. The van der Waals surface area contributed by atoms with Gasteiger partial charge in [-0.3, -0.25) is 23.9 Å². The van der Waals surface area contributed by atoms with Gasteiger partial charge >= 0.3 is 5.97 Å². The molecule has 4 bridgehead atoms. The van der Waals surface area contributed by atoms with E-state index >= 15 is 0 Å². The first-order valence-corrected chi connectivity index (χ1v) is 19.9. The highest BCUT2D eigenvalue weighted by Gasteiger charge is 2.62. The standard InChI is InChI=1S/C39H49N3O9S/c1-4-28-22-39(28,38(46)41-52(47,48)31-15-16-31)40-36(44)33-20-30-23-42(33)37(45)32(25(2)3)21-35(43)49-18-10-6-7-11-26-14-17-34(27(19-26)24-50-30)51-29-12-8-5-9-13-29/h4-5,8-9,12-14,17,19,25,28,30-33H,1,6-7,10-11,15-16,18,20-24H2,2-3H3,(H,40,44)(H,41,46)/t28-,30-,32+,33+,39-/m1/s1. The summed E-state index contributed by atoms with van der Waals surface area (Å²) < 4.78 is 45.7. The zero-order valence-corrected chi connectivity index (χ0v) is 30.7. The Morgan fingerprint density at radius 1 is 1.08 bits per heavy atom. The number of hydrogen-bond donors (Lipinski definition) is 2. The minimum atomic E-state index is -3.87. The lowest BCUT2D eigenvalue weighted by Crippen LogP contribution is -2.57. The molecule has 2 aliphatic heterocycles. The number of cyclic esters (lactones) is 1. The first-order valence-electron chi connectivity index (χ1n) is 18.3. The maximum atomic E-state index is 14.3. The molecule has 4 aliphatic rings. The average Bonchev–Trinajstić information content (AvgIpc) is 4.05. The second-order valence-corrected chi connectivity index (χ2v) is 16.8. The number of hydrogen-bond acceptors (Lipinski definition) is 9. The Bertz CT molecular complexity index is 1780. The van der Waals surface area contributed by atoms with Gasteiger partial charge in [0.15, 0.2) is 0 Å². The Morgan fingerprint density at radius 2 is 1.85 bits per heavy atom. The summed E-state index contributed by atoms with van der Waals surface area (Å²) in [6, 6.07) is 14.4. The number of benzene rings is 2. The molecule has 13 heteroatoms. The molecule has 5 atom stereocenters. The van der Waals surface area contributed by atoms with Gasteiger partial charge in [-0.15, -0.1) is 6.58 Å². The molecule has 1 saturated heterocycles. The lowest BCUT2D eigenvalue weighted by atomic mass is 9.90. The topological polar surface area (TPSA) is 157 Å². The summed E-state index contributed by atoms with van der Waals surface area (Å²) in [7, 11) is -3.87. The summed E-state index contributed by atoms with van der Waals surface area (Å²) in [6.45, 7) is 7.95. The van der Waals surface area contributed by atoms with E-state index in [9.17, 15) is 27.6 Å². The molecule has 12 nitrogen and oxygen atoms in total. The van der Waals surface area contributed by atoms with Gasteiger partial charge in [0, 0.05) is 24.4 Å². The second-order valence-electron chi connectivity index (χ2n) is 14.8. The highest BCUT2D eigenvalue weighted by molar-refractivity contribution is 7.91. The third-order valence-electron chi connectivity index (χ3n) is 10.5. The normalized spacial score (nSPS) is 27.2. The highest BCUT2D eigenvalue weighted by Crippen LogP contribution is 2.45. The van der Waals surface area contributed by atoms with Crippen LogP contribution >= 0.6 is 0 Å². The Morgan fingerprint density at radius 3 is 2.54 bits per heavy atom. The Balaban J connectivity index is 1.27. The SMILES string of the molecule is C=C[C@@H]1C[C@]1(NC(=O)[C@@H]1C[C@@H]2CN1C(=O)[C@H](C(C)C)CC(=O)OCCCCCc1ccc(Oc3ccccc3)c(c1)CO2)C(=O)NS(=O)(=O)C1CC1. The molecule has 0 radical (unpaired) electrons. The van der Waals surface area contributed by atoms with Crippen molar-refractivity contribution in [1.82, 2.24) is 14.9 Å². The summed E-state index contributed by atoms with van der Waals surface area (Å²) in [5, 5.41) is 2.20. The van der Waals surface area contributed by atoms with Crippen LogP contribution in [0.15, 0.2) is 61.2 Å². The summed E-state index contributed by atoms with van der Waals surface area (Å²) >= 11 is 0. The number of rotatable bonds is 9. The number of para-hydroxylation sites is 1. The number of esters is 1. The van der Waals surface area contributed by atoms with E-state index in [2.05, 4.69) is 22.7 Å². The fraction of sp³-hybridized carbons (Fsp3) is 0.538. The molecule has 6 rings (SSSR count). The van der Waals surface area contributed by atoms with Gasteiger partial charge in [-0.25, -0.2) is 8.42 Å². The fourth-order valence-electron chi connectivity index (χ4n) is 7.11. The van der Waals surface area contributed by atoms with E-state index in [1.165, 1.54) is 11.0 Å². The number of carbonyl (C=O) groups is 4. The van der Waals surface area contributed by atoms with Gasteiger partial charge in [0.1, 0.15) is 23.1 Å². The largest absolute Gasteiger partial charge is 0.466 e. The minimum Gasteiger partial charge on any atom is -0.466 e. The summed E-state index contributed by atoms with van der Waals surface area (Å²) in [6.07, 6.45) is 5.33. The monoisotopic (exact) mass is 735 g/mol. The average molecular weight is 736 g/mol. The van der Waals surface area contributed by atoms with Crippen LogP contribution in [0.25, 0.3) is 0 Å². The zero-order chi connectivity index (χ0) is 37.0. The quantitative estimate of drug-likeness (QED) is 0.278. The molecule has 52 heavy (non-hydrogen) atoms. The molecule has 0 spiro atoms. The Hall–Kier alpha value is -4.23.